The molecular weight excluding hydrogens is 312 g/mol. The molecule has 0 bridgehead atoms. The first-order valence-electron chi connectivity index (χ1n) is 8.92. The Bertz CT molecular complexity index is 742. The second kappa shape index (κ2) is 7.28. The average molecular weight is 338 g/mol. The number of aliphatic hydroxyl groups excluding tert-OH is 1. The summed E-state index contributed by atoms with van der Waals surface area (Å²) in [6.45, 7) is 3.04. The zero-order valence-electron chi connectivity index (χ0n) is 15.0. The Hall–Kier alpha value is -2.33. The maximum atomic E-state index is 12.7. The fourth-order valence-electron chi connectivity index (χ4n) is 3.64. The van der Waals surface area contributed by atoms with E-state index in [4.69, 9.17) is 0 Å². The SMILES string of the molecule is CCCN(C)c1ccc(C(=O)N[C@@]2(CO)CCc3ccccc32)cc1. The molecule has 1 aliphatic carbocycles. The molecule has 4 heteroatoms. The van der Waals surface area contributed by atoms with Crippen molar-refractivity contribution in [3.63, 3.8) is 0 Å². The van der Waals surface area contributed by atoms with Gasteiger partial charge in [0.15, 0.2) is 0 Å². The van der Waals surface area contributed by atoms with Gasteiger partial charge in [0, 0.05) is 24.8 Å². The highest BCUT2D eigenvalue weighted by atomic mass is 16.3. The van der Waals surface area contributed by atoms with Gasteiger partial charge in [0.25, 0.3) is 5.91 Å². The smallest absolute Gasteiger partial charge is 0.252 e. The van der Waals surface area contributed by atoms with Gasteiger partial charge >= 0.3 is 0 Å². The molecule has 1 amide bonds. The van der Waals surface area contributed by atoms with Crippen LogP contribution in [0.4, 0.5) is 5.69 Å². The summed E-state index contributed by atoms with van der Waals surface area (Å²) >= 11 is 0. The van der Waals surface area contributed by atoms with E-state index in [0.29, 0.717) is 5.56 Å². The Morgan fingerprint density at radius 2 is 1.92 bits per heavy atom. The molecule has 0 heterocycles. The van der Waals surface area contributed by atoms with Crippen molar-refractivity contribution in [2.45, 2.75) is 31.7 Å². The van der Waals surface area contributed by atoms with E-state index in [0.717, 1.165) is 37.1 Å². The second-order valence-electron chi connectivity index (χ2n) is 6.82. The van der Waals surface area contributed by atoms with Crippen LogP contribution in [0.2, 0.25) is 0 Å². The minimum Gasteiger partial charge on any atom is -0.394 e. The summed E-state index contributed by atoms with van der Waals surface area (Å²) < 4.78 is 0. The summed E-state index contributed by atoms with van der Waals surface area (Å²) in [5.41, 5.74) is 3.27. The number of rotatable bonds is 6. The zero-order valence-corrected chi connectivity index (χ0v) is 15.0. The summed E-state index contributed by atoms with van der Waals surface area (Å²) in [5, 5.41) is 13.1. The first-order valence-corrected chi connectivity index (χ1v) is 8.92. The van der Waals surface area contributed by atoms with E-state index in [-0.39, 0.29) is 12.5 Å². The summed E-state index contributed by atoms with van der Waals surface area (Å²) in [5.74, 6) is -0.143. The van der Waals surface area contributed by atoms with Crippen molar-refractivity contribution < 1.29 is 9.90 Å². The molecule has 25 heavy (non-hydrogen) atoms. The van der Waals surface area contributed by atoms with E-state index in [2.05, 4.69) is 30.3 Å². The van der Waals surface area contributed by atoms with Gasteiger partial charge in [0.2, 0.25) is 0 Å². The zero-order chi connectivity index (χ0) is 17.9. The highest BCUT2D eigenvalue weighted by Crippen LogP contribution is 2.36. The van der Waals surface area contributed by atoms with Crippen molar-refractivity contribution in [1.29, 1.82) is 0 Å². The lowest BCUT2D eigenvalue weighted by Gasteiger charge is -2.29. The molecule has 0 saturated carbocycles. The van der Waals surface area contributed by atoms with Crippen LogP contribution in [0.3, 0.4) is 0 Å². The van der Waals surface area contributed by atoms with Crippen LogP contribution in [0.25, 0.3) is 0 Å². The number of anilines is 1. The summed E-state index contributed by atoms with van der Waals surface area (Å²) in [7, 11) is 2.05. The van der Waals surface area contributed by atoms with E-state index in [1.54, 1.807) is 0 Å². The van der Waals surface area contributed by atoms with Crippen LogP contribution >= 0.6 is 0 Å². The Morgan fingerprint density at radius 1 is 1.20 bits per heavy atom. The van der Waals surface area contributed by atoms with Gasteiger partial charge in [0.05, 0.1) is 12.1 Å². The highest BCUT2D eigenvalue weighted by molar-refractivity contribution is 5.95. The minimum absolute atomic E-state index is 0.0902. The number of aryl methyl sites for hydroxylation is 1. The van der Waals surface area contributed by atoms with E-state index in [9.17, 15) is 9.90 Å². The Kier molecular flexibility index (Phi) is 5.09. The molecule has 2 aromatic rings. The Balaban J connectivity index is 1.78. The number of nitrogens with zero attached hydrogens (tertiary/aromatic N) is 1. The molecule has 132 valence electrons. The fourth-order valence-corrected chi connectivity index (χ4v) is 3.64. The van der Waals surface area contributed by atoms with Crippen LogP contribution in [-0.4, -0.2) is 31.2 Å². The number of amides is 1. The van der Waals surface area contributed by atoms with Gasteiger partial charge in [-0.3, -0.25) is 4.79 Å². The topological polar surface area (TPSA) is 52.6 Å². The number of nitrogens with one attached hydrogen (secondary N) is 1. The molecule has 0 saturated heterocycles. The van der Waals surface area contributed by atoms with Crippen LogP contribution < -0.4 is 10.2 Å². The summed E-state index contributed by atoms with van der Waals surface area (Å²) in [6, 6.07) is 15.7. The van der Waals surface area contributed by atoms with Gasteiger partial charge in [-0.05, 0) is 54.7 Å². The standard InChI is InChI=1S/C21H26N2O2/c1-3-14-23(2)18-10-8-17(9-11-18)20(25)22-21(15-24)13-12-16-6-4-5-7-19(16)21/h4-11,24H,3,12-15H2,1-2H3,(H,22,25)/t21-/m1/s1. The van der Waals surface area contributed by atoms with Gasteiger partial charge in [-0.1, -0.05) is 31.2 Å². The van der Waals surface area contributed by atoms with Crippen molar-refractivity contribution in [2.75, 3.05) is 25.1 Å². The lowest BCUT2D eigenvalue weighted by atomic mass is 9.92. The number of benzene rings is 2. The first kappa shape index (κ1) is 17.5. The molecule has 1 aliphatic rings. The van der Waals surface area contributed by atoms with Crippen LogP contribution in [0.15, 0.2) is 48.5 Å². The van der Waals surface area contributed by atoms with E-state index < -0.39 is 5.54 Å². The number of aliphatic hydroxyl groups is 1. The van der Waals surface area contributed by atoms with Crippen molar-refractivity contribution in [1.82, 2.24) is 5.32 Å². The Morgan fingerprint density at radius 3 is 2.60 bits per heavy atom. The van der Waals surface area contributed by atoms with Gasteiger partial charge in [-0.25, -0.2) is 0 Å². The number of carbonyl (C=O) groups is 1. The predicted octanol–water partition coefficient (Wildman–Crippen LogP) is 3.10. The van der Waals surface area contributed by atoms with Crippen LogP contribution in [0, 0.1) is 0 Å². The largest absolute Gasteiger partial charge is 0.394 e. The van der Waals surface area contributed by atoms with Gasteiger partial charge < -0.3 is 15.3 Å². The quantitative estimate of drug-likeness (QED) is 0.851. The molecule has 0 unspecified atom stereocenters. The molecule has 0 radical (unpaired) electrons. The molecular formula is C21H26N2O2. The molecule has 0 aliphatic heterocycles. The fraction of sp³-hybridized carbons (Fsp3) is 0.381. The minimum atomic E-state index is -0.675. The Labute approximate surface area is 149 Å². The molecule has 3 rings (SSSR count). The monoisotopic (exact) mass is 338 g/mol. The summed E-state index contributed by atoms with van der Waals surface area (Å²) in [4.78, 5) is 14.9. The first-order chi connectivity index (χ1) is 12.1. The van der Waals surface area contributed by atoms with Gasteiger partial charge in [0.1, 0.15) is 0 Å². The number of hydrogen-bond acceptors (Lipinski definition) is 3. The third-order valence-corrected chi connectivity index (χ3v) is 5.11. The third kappa shape index (κ3) is 3.40. The highest BCUT2D eigenvalue weighted by Gasteiger charge is 2.39. The predicted molar refractivity (Wildman–Crippen MR) is 101 cm³/mol. The molecule has 4 nitrogen and oxygen atoms in total. The summed E-state index contributed by atoms with van der Waals surface area (Å²) in [6.07, 6.45) is 2.68. The van der Waals surface area contributed by atoms with Crippen LogP contribution in [0.5, 0.6) is 0 Å². The lowest BCUT2D eigenvalue weighted by Crippen LogP contribution is -2.47. The molecule has 0 fully saturated rings. The van der Waals surface area contributed by atoms with E-state index in [1.807, 2.05) is 42.5 Å². The average Bonchev–Trinajstić information content (AvgIpc) is 3.01. The number of hydrogen-bond donors (Lipinski definition) is 2. The van der Waals surface area contributed by atoms with E-state index in [1.165, 1.54) is 5.56 Å². The van der Waals surface area contributed by atoms with E-state index >= 15 is 0 Å². The maximum Gasteiger partial charge on any atom is 0.252 e. The van der Waals surface area contributed by atoms with Crippen molar-refractivity contribution in [3.8, 4) is 0 Å². The maximum absolute atomic E-state index is 12.7. The lowest BCUT2D eigenvalue weighted by molar-refractivity contribution is 0.0829. The number of fused-ring (bicyclic) bond motifs is 1. The second-order valence-corrected chi connectivity index (χ2v) is 6.82. The van der Waals surface area contributed by atoms with Gasteiger partial charge in [-0.15, -0.1) is 0 Å². The molecule has 0 spiro atoms. The third-order valence-electron chi connectivity index (χ3n) is 5.11. The number of carbonyl (C=O) groups excluding carboxylic acids is 1. The van der Waals surface area contributed by atoms with Gasteiger partial charge in [-0.2, -0.15) is 0 Å². The molecule has 1 atom stereocenters. The van der Waals surface area contributed by atoms with Crippen molar-refractivity contribution in [3.05, 3.63) is 65.2 Å². The van der Waals surface area contributed by atoms with Crippen molar-refractivity contribution >= 4 is 11.6 Å². The molecule has 2 aromatic carbocycles. The normalized spacial score (nSPS) is 18.7. The van der Waals surface area contributed by atoms with Crippen molar-refractivity contribution in [2.24, 2.45) is 0 Å². The molecule has 0 aromatic heterocycles. The molecule has 2 N–H and O–H groups in total. The van der Waals surface area contributed by atoms with Crippen LogP contribution in [0.1, 0.15) is 41.3 Å². The van der Waals surface area contributed by atoms with Crippen LogP contribution in [-0.2, 0) is 12.0 Å².